The van der Waals surface area contributed by atoms with Crippen molar-refractivity contribution in [1.82, 2.24) is 14.8 Å². The lowest BCUT2D eigenvalue weighted by Gasteiger charge is -2.32. The SMILES string of the molecule is CC(C)OCC#Cc1cccc(-c2csc(NC(=O)c3ccc(-c4ccc(C(=O)N5CCN(C)CC5)cc4)o3)n2)c1. The van der Waals surface area contributed by atoms with Gasteiger partial charge >= 0.3 is 0 Å². The molecule has 5 rings (SSSR count). The Morgan fingerprint density at radius 2 is 1.83 bits per heavy atom. The van der Waals surface area contributed by atoms with Crippen LogP contribution in [0.25, 0.3) is 22.6 Å². The molecule has 1 aliphatic rings. The predicted octanol–water partition coefficient (Wildman–Crippen LogP) is 5.49. The van der Waals surface area contributed by atoms with E-state index in [2.05, 4.69) is 34.1 Å². The van der Waals surface area contributed by atoms with Gasteiger partial charge in [0.2, 0.25) is 0 Å². The average molecular weight is 569 g/mol. The van der Waals surface area contributed by atoms with E-state index in [1.54, 1.807) is 24.3 Å². The fraction of sp³-hybridized carbons (Fsp3) is 0.281. The molecular weight excluding hydrogens is 536 g/mol. The Kier molecular flexibility index (Phi) is 8.95. The van der Waals surface area contributed by atoms with Gasteiger partial charge in [-0.25, -0.2) is 4.98 Å². The predicted molar refractivity (Wildman–Crippen MR) is 161 cm³/mol. The van der Waals surface area contributed by atoms with E-state index in [1.807, 2.05) is 60.5 Å². The highest BCUT2D eigenvalue weighted by Gasteiger charge is 2.21. The maximum absolute atomic E-state index is 12.9. The van der Waals surface area contributed by atoms with Crippen molar-refractivity contribution in [3.05, 3.63) is 82.9 Å². The summed E-state index contributed by atoms with van der Waals surface area (Å²) in [6.07, 6.45) is 0.141. The lowest BCUT2D eigenvalue weighted by atomic mass is 10.1. The smallest absolute Gasteiger partial charge is 0.293 e. The summed E-state index contributed by atoms with van der Waals surface area (Å²) in [6.45, 7) is 7.54. The summed E-state index contributed by atoms with van der Waals surface area (Å²) in [5.74, 6) is 6.50. The van der Waals surface area contributed by atoms with Crippen LogP contribution in [0, 0.1) is 11.8 Å². The van der Waals surface area contributed by atoms with E-state index in [0.29, 0.717) is 23.1 Å². The summed E-state index contributed by atoms with van der Waals surface area (Å²) in [5, 5.41) is 5.18. The van der Waals surface area contributed by atoms with Crippen LogP contribution in [0.15, 0.2) is 70.5 Å². The number of amides is 2. The molecule has 9 heteroatoms. The normalized spacial score (nSPS) is 13.6. The van der Waals surface area contributed by atoms with Gasteiger partial charge in [-0.05, 0) is 57.3 Å². The molecule has 1 aliphatic heterocycles. The van der Waals surface area contributed by atoms with Crippen LogP contribution in [0.2, 0.25) is 0 Å². The highest BCUT2D eigenvalue weighted by Crippen LogP contribution is 2.27. The highest BCUT2D eigenvalue weighted by atomic mass is 32.1. The number of piperazine rings is 1. The first-order valence-corrected chi connectivity index (χ1v) is 14.4. The fourth-order valence-electron chi connectivity index (χ4n) is 4.31. The van der Waals surface area contributed by atoms with Crippen molar-refractivity contribution in [2.24, 2.45) is 0 Å². The zero-order valence-corrected chi connectivity index (χ0v) is 24.2. The molecule has 8 nitrogen and oxygen atoms in total. The second-order valence-electron chi connectivity index (χ2n) is 10.1. The number of hydrogen-bond donors (Lipinski definition) is 1. The van der Waals surface area contributed by atoms with Crippen LogP contribution in [0.5, 0.6) is 0 Å². The Bertz CT molecular complexity index is 1570. The Labute approximate surface area is 244 Å². The van der Waals surface area contributed by atoms with Gasteiger partial charge < -0.3 is 19.0 Å². The van der Waals surface area contributed by atoms with Crippen LogP contribution in [0.3, 0.4) is 0 Å². The van der Waals surface area contributed by atoms with E-state index in [1.165, 1.54) is 11.3 Å². The van der Waals surface area contributed by atoms with E-state index in [9.17, 15) is 9.59 Å². The molecule has 0 spiro atoms. The third-order valence-electron chi connectivity index (χ3n) is 6.64. The second-order valence-corrected chi connectivity index (χ2v) is 10.9. The van der Waals surface area contributed by atoms with Gasteiger partial charge in [0, 0.05) is 53.8 Å². The van der Waals surface area contributed by atoms with Gasteiger partial charge in [-0.15, -0.1) is 11.3 Å². The first-order valence-electron chi connectivity index (χ1n) is 13.5. The number of carbonyl (C=O) groups excluding carboxylic acids is 2. The third kappa shape index (κ3) is 7.30. The molecule has 0 saturated carbocycles. The summed E-state index contributed by atoms with van der Waals surface area (Å²) in [5.41, 5.74) is 3.95. The zero-order chi connectivity index (χ0) is 28.8. The molecule has 2 aromatic carbocycles. The van der Waals surface area contributed by atoms with Crippen LogP contribution in [0.1, 0.15) is 40.3 Å². The molecule has 0 unspecified atom stereocenters. The van der Waals surface area contributed by atoms with Crippen LogP contribution >= 0.6 is 11.3 Å². The number of carbonyl (C=O) groups is 2. The molecule has 41 heavy (non-hydrogen) atoms. The minimum atomic E-state index is -0.385. The maximum atomic E-state index is 12.9. The maximum Gasteiger partial charge on any atom is 0.293 e. The van der Waals surface area contributed by atoms with Gasteiger partial charge in [0.1, 0.15) is 12.4 Å². The van der Waals surface area contributed by atoms with Gasteiger partial charge in [-0.2, -0.15) is 0 Å². The lowest BCUT2D eigenvalue weighted by molar-refractivity contribution is 0.0664. The van der Waals surface area contributed by atoms with Crippen molar-refractivity contribution < 1.29 is 18.7 Å². The molecule has 2 amide bonds. The summed E-state index contributed by atoms with van der Waals surface area (Å²) >= 11 is 1.34. The van der Waals surface area contributed by atoms with E-state index >= 15 is 0 Å². The molecule has 2 aromatic heterocycles. The van der Waals surface area contributed by atoms with Crippen LogP contribution < -0.4 is 5.32 Å². The number of nitrogens with zero attached hydrogens (tertiary/aromatic N) is 3. The summed E-state index contributed by atoms with van der Waals surface area (Å²) in [7, 11) is 2.06. The topological polar surface area (TPSA) is 87.9 Å². The Balaban J connectivity index is 1.20. The number of furan rings is 1. The molecule has 210 valence electrons. The second kappa shape index (κ2) is 13.0. The van der Waals surface area contributed by atoms with Gasteiger partial charge in [0.05, 0.1) is 11.8 Å². The van der Waals surface area contributed by atoms with E-state index in [4.69, 9.17) is 9.15 Å². The molecule has 0 bridgehead atoms. The molecule has 0 atom stereocenters. The Morgan fingerprint density at radius 1 is 1.05 bits per heavy atom. The van der Waals surface area contributed by atoms with Gasteiger partial charge in [-0.3, -0.25) is 14.9 Å². The van der Waals surface area contributed by atoms with Crippen LogP contribution in [-0.2, 0) is 4.74 Å². The number of thiazole rings is 1. The number of anilines is 1. The molecule has 3 heterocycles. The number of hydrogen-bond acceptors (Lipinski definition) is 7. The van der Waals surface area contributed by atoms with Gasteiger partial charge in [0.15, 0.2) is 10.9 Å². The lowest BCUT2D eigenvalue weighted by Crippen LogP contribution is -2.47. The number of ether oxygens (including phenoxy) is 1. The number of aromatic nitrogens is 1. The largest absolute Gasteiger partial charge is 0.451 e. The molecule has 1 fully saturated rings. The van der Waals surface area contributed by atoms with Crippen LogP contribution in [-0.4, -0.2) is 72.5 Å². The standard InChI is InChI=1S/C32H32N4O4S/c1-22(2)39-19-5-7-23-6-4-8-26(20-23)27-21-41-32(33-27)34-30(37)29-14-13-28(40-29)24-9-11-25(12-10-24)31(38)36-17-15-35(3)16-18-36/h4,6,8-14,20-22H,15-19H2,1-3H3,(H,33,34,37). The molecule has 4 aromatic rings. The Morgan fingerprint density at radius 3 is 2.59 bits per heavy atom. The fourth-order valence-corrected chi connectivity index (χ4v) is 5.02. The van der Waals surface area contributed by atoms with Crippen molar-refractivity contribution in [3.63, 3.8) is 0 Å². The molecular formula is C32H32N4O4S. The molecule has 1 saturated heterocycles. The monoisotopic (exact) mass is 568 g/mol. The number of nitrogens with one attached hydrogen (secondary N) is 1. The van der Waals surface area contributed by atoms with Gasteiger partial charge in [0.25, 0.3) is 11.8 Å². The first-order chi connectivity index (χ1) is 19.9. The number of benzene rings is 2. The first kappa shape index (κ1) is 28.3. The minimum absolute atomic E-state index is 0.0304. The average Bonchev–Trinajstić information content (AvgIpc) is 3.66. The van der Waals surface area contributed by atoms with Crippen molar-refractivity contribution >= 4 is 28.3 Å². The summed E-state index contributed by atoms with van der Waals surface area (Å²) in [6, 6.07) is 18.5. The zero-order valence-electron chi connectivity index (χ0n) is 23.3. The van der Waals surface area contributed by atoms with E-state index in [-0.39, 0.29) is 23.7 Å². The third-order valence-corrected chi connectivity index (χ3v) is 7.40. The van der Waals surface area contributed by atoms with E-state index in [0.717, 1.165) is 48.6 Å². The van der Waals surface area contributed by atoms with Crippen molar-refractivity contribution in [2.75, 3.05) is 45.2 Å². The molecule has 1 N–H and O–H groups in total. The van der Waals surface area contributed by atoms with E-state index < -0.39 is 0 Å². The number of rotatable bonds is 7. The minimum Gasteiger partial charge on any atom is -0.451 e. The molecule has 0 radical (unpaired) electrons. The number of likely N-dealkylation sites (N-methyl/N-ethyl adjacent to an activating group) is 1. The van der Waals surface area contributed by atoms with Crippen molar-refractivity contribution in [1.29, 1.82) is 0 Å². The highest BCUT2D eigenvalue weighted by molar-refractivity contribution is 7.14. The quantitative estimate of drug-likeness (QED) is 0.297. The summed E-state index contributed by atoms with van der Waals surface area (Å²) in [4.78, 5) is 34.4. The summed E-state index contributed by atoms with van der Waals surface area (Å²) < 4.78 is 11.3. The Hall–Kier alpha value is -4.23. The van der Waals surface area contributed by atoms with Crippen molar-refractivity contribution in [3.8, 4) is 34.4 Å². The van der Waals surface area contributed by atoms with Crippen LogP contribution in [0.4, 0.5) is 5.13 Å². The van der Waals surface area contributed by atoms with Crippen molar-refractivity contribution in [2.45, 2.75) is 20.0 Å². The van der Waals surface area contributed by atoms with Gasteiger partial charge in [-0.1, -0.05) is 36.1 Å². The molecule has 0 aliphatic carbocycles.